The number of nitrogens with one attached hydrogen (secondary N) is 1. The van der Waals surface area contributed by atoms with Crippen molar-refractivity contribution >= 4 is 15.7 Å². The monoisotopic (exact) mass is 260 g/mol. The van der Waals surface area contributed by atoms with Crippen molar-refractivity contribution in [1.82, 2.24) is 5.32 Å². The minimum absolute atomic E-state index is 0.101. The molecule has 0 saturated carbocycles. The summed E-state index contributed by atoms with van der Waals surface area (Å²) in [5.74, 6) is 1.96. The summed E-state index contributed by atoms with van der Waals surface area (Å²) in [6, 6.07) is -1.17. The van der Waals surface area contributed by atoms with Gasteiger partial charge in [0.2, 0.25) is 5.91 Å². The summed E-state index contributed by atoms with van der Waals surface area (Å²) < 4.78 is 21.8. The summed E-state index contributed by atoms with van der Waals surface area (Å²) in [5, 5.41) is 2.61. The summed E-state index contributed by atoms with van der Waals surface area (Å²) in [4.78, 5) is 11.6. The molecule has 0 aliphatic carbocycles. The molecule has 0 aliphatic rings. The molecule has 0 radical (unpaired) electrons. The predicted molar refractivity (Wildman–Crippen MR) is 68.0 cm³/mol. The Morgan fingerprint density at radius 3 is 2.47 bits per heavy atom. The van der Waals surface area contributed by atoms with Crippen LogP contribution in [0.2, 0.25) is 0 Å². The van der Waals surface area contributed by atoms with Gasteiger partial charge in [0.1, 0.15) is 9.84 Å². The lowest BCUT2D eigenvalue weighted by molar-refractivity contribution is -0.122. The summed E-state index contributed by atoms with van der Waals surface area (Å²) in [5.41, 5.74) is 5.58. The molecule has 0 fully saturated rings. The molecule has 0 saturated heterocycles. The molecule has 0 rings (SSSR count). The maximum Gasteiger partial charge on any atom is 0.237 e. The van der Waals surface area contributed by atoms with E-state index in [2.05, 4.69) is 11.2 Å². The Morgan fingerprint density at radius 2 is 2.06 bits per heavy atom. The molecule has 6 heteroatoms. The predicted octanol–water partition coefficient (Wildman–Crippen LogP) is -0.333. The van der Waals surface area contributed by atoms with Crippen LogP contribution in [0.5, 0.6) is 0 Å². The van der Waals surface area contributed by atoms with Gasteiger partial charge in [0.25, 0.3) is 0 Å². The summed E-state index contributed by atoms with van der Waals surface area (Å²) in [7, 11) is -3.10. The highest BCUT2D eigenvalue weighted by atomic mass is 32.2. The van der Waals surface area contributed by atoms with Gasteiger partial charge in [-0.1, -0.05) is 19.3 Å². The first-order valence-electron chi connectivity index (χ1n) is 5.50. The quantitative estimate of drug-likeness (QED) is 0.613. The molecule has 0 aromatic heterocycles. The van der Waals surface area contributed by atoms with Gasteiger partial charge < -0.3 is 11.1 Å². The van der Waals surface area contributed by atoms with Crippen LogP contribution in [0.1, 0.15) is 26.2 Å². The van der Waals surface area contributed by atoms with Gasteiger partial charge in [0.05, 0.1) is 17.8 Å². The zero-order valence-electron chi connectivity index (χ0n) is 10.3. The number of hydrogen-bond acceptors (Lipinski definition) is 4. The maximum absolute atomic E-state index is 11.6. The van der Waals surface area contributed by atoms with Crippen molar-refractivity contribution in [2.75, 3.05) is 12.0 Å². The molecule has 2 unspecified atom stereocenters. The Morgan fingerprint density at radius 1 is 1.47 bits per heavy atom. The van der Waals surface area contributed by atoms with Gasteiger partial charge in [-0.25, -0.2) is 8.42 Å². The number of carbonyl (C=O) groups is 1. The fraction of sp³-hybridized carbons (Fsp3) is 0.727. The third kappa shape index (κ3) is 7.77. The fourth-order valence-corrected chi connectivity index (χ4v) is 1.92. The van der Waals surface area contributed by atoms with E-state index in [1.54, 1.807) is 0 Å². The van der Waals surface area contributed by atoms with E-state index in [1.807, 2.05) is 6.92 Å². The van der Waals surface area contributed by atoms with Crippen molar-refractivity contribution in [3.8, 4) is 12.3 Å². The highest BCUT2D eigenvalue weighted by Gasteiger charge is 2.18. The minimum atomic E-state index is -3.10. The van der Waals surface area contributed by atoms with Gasteiger partial charge in [-0.05, 0) is 12.8 Å². The highest BCUT2D eigenvalue weighted by Crippen LogP contribution is 1.98. The number of sulfone groups is 1. The van der Waals surface area contributed by atoms with Gasteiger partial charge in [-0.2, -0.15) is 0 Å². The zero-order valence-corrected chi connectivity index (χ0v) is 11.1. The average Bonchev–Trinajstić information content (AvgIpc) is 2.23. The van der Waals surface area contributed by atoms with E-state index in [4.69, 9.17) is 12.2 Å². The Hall–Kier alpha value is -1.06. The number of nitrogens with two attached hydrogens (primary N) is 1. The van der Waals surface area contributed by atoms with Crippen molar-refractivity contribution < 1.29 is 13.2 Å². The molecular weight excluding hydrogens is 240 g/mol. The molecule has 0 bridgehead atoms. The lowest BCUT2D eigenvalue weighted by atomic mass is 10.1. The van der Waals surface area contributed by atoms with Gasteiger partial charge >= 0.3 is 0 Å². The third-order valence-electron chi connectivity index (χ3n) is 2.23. The molecule has 3 N–H and O–H groups in total. The second-order valence-corrected chi connectivity index (χ2v) is 6.30. The van der Waals surface area contributed by atoms with E-state index in [9.17, 15) is 13.2 Å². The molecule has 2 atom stereocenters. The van der Waals surface area contributed by atoms with Crippen molar-refractivity contribution in [3.63, 3.8) is 0 Å². The number of rotatable bonds is 7. The Bertz CT molecular complexity index is 384. The topological polar surface area (TPSA) is 89.3 Å². The summed E-state index contributed by atoms with van der Waals surface area (Å²) >= 11 is 0. The Kier molecular flexibility index (Phi) is 6.85. The molecule has 0 aromatic rings. The molecule has 98 valence electrons. The molecule has 0 heterocycles. The third-order valence-corrected chi connectivity index (χ3v) is 3.21. The largest absolute Gasteiger partial charge is 0.341 e. The van der Waals surface area contributed by atoms with E-state index in [-0.39, 0.29) is 18.2 Å². The van der Waals surface area contributed by atoms with Crippen LogP contribution in [-0.4, -0.2) is 38.4 Å². The van der Waals surface area contributed by atoms with Crippen LogP contribution in [0.3, 0.4) is 0 Å². The molecule has 1 amide bonds. The SMILES string of the molecule is C#CC(CCC)NC(=O)C(N)CCS(C)(=O)=O. The highest BCUT2D eigenvalue weighted by molar-refractivity contribution is 7.90. The van der Waals surface area contributed by atoms with Crippen LogP contribution in [0.15, 0.2) is 0 Å². The number of terminal acetylenes is 1. The van der Waals surface area contributed by atoms with Gasteiger partial charge in [-0.3, -0.25) is 4.79 Å². The van der Waals surface area contributed by atoms with Gasteiger partial charge in [0.15, 0.2) is 0 Å². The first kappa shape index (κ1) is 15.9. The van der Waals surface area contributed by atoms with Crippen LogP contribution in [-0.2, 0) is 14.6 Å². The second-order valence-electron chi connectivity index (χ2n) is 4.04. The van der Waals surface area contributed by atoms with E-state index < -0.39 is 21.8 Å². The Labute approximate surface area is 103 Å². The fourth-order valence-electron chi connectivity index (χ4n) is 1.24. The second kappa shape index (κ2) is 7.30. The van der Waals surface area contributed by atoms with E-state index in [1.165, 1.54) is 0 Å². The van der Waals surface area contributed by atoms with E-state index in [0.717, 1.165) is 12.7 Å². The standard InChI is InChI=1S/C11H20N2O3S/c1-4-6-9(5-2)13-11(14)10(12)7-8-17(3,15)16/h2,9-10H,4,6-8,12H2,1,3H3,(H,13,14). The van der Waals surface area contributed by atoms with E-state index >= 15 is 0 Å². The van der Waals surface area contributed by atoms with Gasteiger partial charge in [-0.15, -0.1) is 6.42 Å². The molecule has 0 aromatic carbocycles. The average molecular weight is 260 g/mol. The van der Waals surface area contributed by atoms with Crippen LogP contribution in [0.4, 0.5) is 0 Å². The summed E-state index contributed by atoms with van der Waals surface area (Å²) in [6.45, 7) is 1.96. The zero-order chi connectivity index (χ0) is 13.5. The van der Waals surface area contributed by atoms with Crippen LogP contribution in [0.25, 0.3) is 0 Å². The van der Waals surface area contributed by atoms with Crippen molar-refractivity contribution in [1.29, 1.82) is 0 Å². The first-order valence-corrected chi connectivity index (χ1v) is 7.56. The van der Waals surface area contributed by atoms with Crippen LogP contribution < -0.4 is 11.1 Å². The molecule has 17 heavy (non-hydrogen) atoms. The Balaban J connectivity index is 4.18. The normalized spacial score (nSPS) is 14.7. The smallest absolute Gasteiger partial charge is 0.237 e. The van der Waals surface area contributed by atoms with Crippen molar-refractivity contribution in [3.05, 3.63) is 0 Å². The lowest BCUT2D eigenvalue weighted by Gasteiger charge is -2.16. The number of hydrogen-bond donors (Lipinski definition) is 2. The maximum atomic E-state index is 11.6. The number of carbonyl (C=O) groups excluding carboxylic acids is 1. The lowest BCUT2D eigenvalue weighted by Crippen LogP contribution is -2.45. The molecule has 0 aliphatic heterocycles. The van der Waals surface area contributed by atoms with Crippen molar-refractivity contribution in [2.45, 2.75) is 38.3 Å². The number of amides is 1. The molecular formula is C11H20N2O3S. The van der Waals surface area contributed by atoms with Gasteiger partial charge in [0, 0.05) is 6.26 Å². The minimum Gasteiger partial charge on any atom is -0.341 e. The molecule has 5 nitrogen and oxygen atoms in total. The van der Waals surface area contributed by atoms with Crippen LogP contribution in [0, 0.1) is 12.3 Å². The molecule has 0 spiro atoms. The summed E-state index contributed by atoms with van der Waals surface area (Å²) in [6.07, 6.45) is 8.00. The van der Waals surface area contributed by atoms with Crippen molar-refractivity contribution in [2.24, 2.45) is 5.73 Å². The first-order chi connectivity index (χ1) is 7.80. The van der Waals surface area contributed by atoms with E-state index in [0.29, 0.717) is 6.42 Å². The van der Waals surface area contributed by atoms with Crippen LogP contribution >= 0.6 is 0 Å².